The average Bonchev–Trinajstić information content (AvgIpc) is 2.49. The Morgan fingerprint density at radius 1 is 1.00 bits per heavy atom. The van der Waals surface area contributed by atoms with Gasteiger partial charge in [0.15, 0.2) is 0 Å². The van der Waals surface area contributed by atoms with E-state index in [2.05, 4.69) is 5.32 Å². The number of benzene rings is 2. The quantitative estimate of drug-likeness (QED) is 0.944. The van der Waals surface area contributed by atoms with Gasteiger partial charge in [0.2, 0.25) is 5.91 Å². The molecule has 0 saturated carbocycles. The van der Waals surface area contributed by atoms with Crippen molar-refractivity contribution in [1.82, 2.24) is 4.90 Å². The van der Waals surface area contributed by atoms with E-state index in [9.17, 15) is 14.0 Å². The second-order valence-electron chi connectivity index (χ2n) is 5.12. The number of hydrogen-bond donors (Lipinski definition) is 1. The van der Waals surface area contributed by atoms with Crippen LogP contribution in [0.5, 0.6) is 0 Å². The number of rotatable bonds is 4. The number of hydrogen-bond acceptors (Lipinski definition) is 2. The fourth-order valence-corrected chi connectivity index (χ4v) is 1.84. The molecule has 0 aliphatic heterocycles. The summed E-state index contributed by atoms with van der Waals surface area (Å²) in [6, 6.07) is 12.4. The first-order chi connectivity index (χ1) is 10.5. The maximum absolute atomic E-state index is 12.8. The molecule has 0 aromatic heterocycles. The molecule has 0 fully saturated rings. The van der Waals surface area contributed by atoms with Crippen LogP contribution in [0.4, 0.5) is 10.1 Å². The van der Waals surface area contributed by atoms with E-state index >= 15 is 0 Å². The van der Waals surface area contributed by atoms with Gasteiger partial charge in [0.25, 0.3) is 5.91 Å². The van der Waals surface area contributed by atoms with Crippen LogP contribution in [0, 0.1) is 5.82 Å². The minimum atomic E-state index is -0.383. The molecule has 2 rings (SSSR count). The Kier molecular flexibility index (Phi) is 4.88. The highest BCUT2D eigenvalue weighted by atomic mass is 19.1. The smallest absolute Gasteiger partial charge is 0.255 e. The molecular formula is C17H17FN2O2. The lowest BCUT2D eigenvalue weighted by molar-refractivity contribution is -0.127. The summed E-state index contributed by atoms with van der Waals surface area (Å²) in [6.45, 7) is 0. The second-order valence-corrected chi connectivity index (χ2v) is 5.12. The van der Waals surface area contributed by atoms with E-state index in [-0.39, 0.29) is 17.6 Å². The first-order valence-corrected chi connectivity index (χ1v) is 6.82. The third kappa shape index (κ3) is 4.15. The van der Waals surface area contributed by atoms with E-state index in [4.69, 9.17) is 0 Å². The van der Waals surface area contributed by atoms with E-state index < -0.39 is 0 Å². The molecule has 4 nitrogen and oxygen atoms in total. The van der Waals surface area contributed by atoms with Crippen LogP contribution in [0.25, 0.3) is 0 Å². The topological polar surface area (TPSA) is 49.4 Å². The molecule has 0 radical (unpaired) electrons. The minimum absolute atomic E-state index is 0.0168. The Bertz CT molecular complexity index is 664. The number of anilines is 1. The summed E-state index contributed by atoms with van der Waals surface area (Å²) in [7, 11) is 3.42. The molecule has 2 aromatic rings. The molecule has 0 atom stereocenters. The summed E-state index contributed by atoms with van der Waals surface area (Å²) in [5.41, 5.74) is 1.88. The van der Waals surface area contributed by atoms with Crippen molar-refractivity contribution in [3.63, 3.8) is 0 Å². The van der Waals surface area contributed by atoms with Gasteiger partial charge in [0, 0.05) is 25.3 Å². The van der Waals surface area contributed by atoms with Gasteiger partial charge in [-0.1, -0.05) is 12.1 Å². The Hall–Kier alpha value is -2.69. The van der Waals surface area contributed by atoms with Crippen molar-refractivity contribution in [3.8, 4) is 0 Å². The first-order valence-electron chi connectivity index (χ1n) is 6.82. The minimum Gasteiger partial charge on any atom is -0.349 e. The van der Waals surface area contributed by atoms with Gasteiger partial charge < -0.3 is 10.2 Å². The van der Waals surface area contributed by atoms with Crippen molar-refractivity contribution in [2.24, 2.45) is 0 Å². The maximum atomic E-state index is 12.8. The predicted octanol–water partition coefficient (Wildman–Crippen LogP) is 2.71. The molecule has 2 amide bonds. The lowest BCUT2D eigenvalue weighted by Crippen LogP contribution is -2.23. The third-order valence-electron chi connectivity index (χ3n) is 3.17. The normalized spacial score (nSPS) is 10.1. The summed E-state index contributed by atoms with van der Waals surface area (Å²) < 4.78 is 12.8. The summed E-state index contributed by atoms with van der Waals surface area (Å²) in [6.07, 6.45) is 0.319. The SMILES string of the molecule is CN(C)C(=O)Cc1ccc(NC(=O)c2ccc(F)cc2)cc1. The standard InChI is InChI=1S/C17H17FN2O2/c1-20(2)16(21)11-12-3-9-15(10-4-12)19-17(22)13-5-7-14(18)8-6-13/h3-10H,11H2,1-2H3,(H,19,22). The number of nitrogens with one attached hydrogen (secondary N) is 1. The zero-order valence-corrected chi connectivity index (χ0v) is 12.5. The van der Waals surface area contributed by atoms with Crippen LogP contribution >= 0.6 is 0 Å². The molecule has 0 bridgehead atoms. The first kappa shape index (κ1) is 15.7. The van der Waals surface area contributed by atoms with E-state index in [1.165, 1.54) is 29.2 Å². The highest BCUT2D eigenvalue weighted by molar-refractivity contribution is 6.04. The molecule has 0 aliphatic carbocycles. The monoisotopic (exact) mass is 300 g/mol. The molecule has 0 unspecified atom stereocenters. The van der Waals surface area contributed by atoms with Crippen LogP contribution in [-0.2, 0) is 11.2 Å². The second kappa shape index (κ2) is 6.85. The molecule has 0 spiro atoms. The molecule has 1 N–H and O–H groups in total. The summed E-state index contributed by atoms with van der Waals surface area (Å²) in [5, 5.41) is 2.72. The summed E-state index contributed by atoms with van der Waals surface area (Å²) >= 11 is 0. The van der Waals surface area contributed by atoms with E-state index in [0.29, 0.717) is 17.7 Å². The number of carbonyl (C=O) groups excluding carboxylic acids is 2. The van der Waals surface area contributed by atoms with E-state index in [1.54, 1.807) is 38.4 Å². The number of amides is 2. The van der Waals surface area contributed by atoms with Gasteiger partial charge in [-0.2, -0.15) is 0 Å². The lowest BCUT2D eigenvalue weighted by atomic mass is 10.1. The van der Waals surface area contributed by atoms with Gasteiger partial charge in [0.05, 0.1) is 6.42 Å². The highest BCUT2D eigenvalue weighted by Crippen LogP contribution is 2.12. The van der Waals surface area contributed by atoms with Gasteiger partial charge in [-0.15, -0.1) is 0 Å². The number of nitrogens with zero attached hydrogens (tertiary/aromatic N) is 1. The largest absolute Gasteiger partial charge is 0.349 e. The van der Waals surface area contributed by atoms with Crippen LogP contribution in [0.3, 0.4) is 0 Å². The van der Waals surface area contributed by atoms with Crippen molar-refractivity contribution >= 4 is 17.5 Å². The van der Waals surface area contributed by atoms with Crippen molar-refractivity contribution in [1.29, 1.82) is 0 Å². The fourth-order valence-electron chi connectivity index (χ4n) is 1.84. The van der Waals surface area contributed by atoms with E-state index in [0.717, 1.165) is 5.56 Å². The Balaban J connectivity index is 2.00. The van der Waals surface area contributed by atoms with Crippen molar-refractivity contribution in [3.05, 3.63) is 65.5 Å². The molecule has 22 heavy (non-hydrogen) atoms. The maximum Gasteiger partial charge on any atom is 0.255 e. The van der Waals surface area contributed by atoms with Crippen molar-refractivity contribution < 1.29 is 14.0 Å². The molecule has 5 heteroatoms. The Morgan fingerprint density at radius 3 is 2.14 bits per heavy atom. The number of carbonyl (C=O) groups is 2. The summed E-state index contributed by atoms with van der Waals surface area (Å²) in [5.74, 6) is -0.674. The molecule has 0 saturated heterocycles. The fraction of sp³-hybridized carbons (Fsp3) is 0.176. The van der Waals surface area contributed by atoms with Gasteiger partial charge in [-0.25, -0.2) is 4.39 Å². The zero-order valence-electron chi connectivity index (χ0n) is 12.5. The van der Waals surface area contributed by atoms with Crippen LogP contribution in [0.2, 0.25) is 0 Å². The average molecular weight is 300 g/mol. The van der Waals surface area contributed by atoms with Gasteiger partial charge in [-0.3, -0.25) is 9.59 Å². The van der Waals surface area contributed by atoms with Gasteiger partial charge >= 0.3 is 0 Å². The number of likely N-dealkylation sites (N-methyl/N-ethyl adjacent to an activating group) is 1. The molecular weight excluding hydrogens is 283 g/mol. The third-order valence-corrected chi connectivity index (χ3v) is 3.17. The molecule has 2 aromatic carbocycles. The Labute approximate surface area is 128 Å². The lowest BCUT2D eigenvalue weighted by Gasteiger charge is -2.10. The summed E-state index contributed by atoms with van der Waals surface area (Å²) in [4.78, 5) is 25.1. The van der Waals surface area contributed by atoms with Crippen LogP contribution in [-0.4, -0.2) is 30.8 Å². The molecule has 114 valence electrons. The Morgan fingerprint density at radius 2 is 1.59 bits per heavy atom. The molecule has 0 aliphatic rings. The van der Waals surface area contributed by atoms with Crippen molar-refractivity contribution in [2.75, 3.05) is 19.4 Å². The molecule has 0 heterocycles. The van der Waals surface area contributed by atoms with Crippen LogP contribution in [0.15, 0.2) is 48.5 Å². The zero-order chi connectivity index (χ0) is 16.1. The highest BCUT2D eigenvalue weighted by Gasteiger charge is 2.08. The van der Waals surface area contributed by atoms with Gasteiger partial charge in [0.1, 0.15) is 5.82 Å². The number of halogens is 1. The van der Waals surface area contributed by atoms with Crippen LogP contribution < -0.4 is 5.32 Å². The van der Waals surface area contributed by atoms with Crippen LogP contribution in [0.1, 0.15) is 15.9 Å². The van der Waals surface area contributed by atoms with Crippen molar-refractivity contribution in [2.45, 2.75) is 6.42 Å². The van der Waals surface area contributed by atoms with Gasteiger partial charge in [-0.05, 0) is 42.0 Å². The van der Waals surface area contributed by atoms with E-state index in [1.807, 2.05) is 0 Å². The predicted molar refractivity (Wildman–Crippen MR) is 83.2 cm³/mol.